The average Bonchev–Trinajstić information content (AvgIpc) is 2.95. The largest absolute Gasteiger partial charge is 0.480 e. The number of hydrogen-bond acceptors (Lipinski definition) is 3. The second-order valence-corrected chi connectivity index (χ2v) is 5.09. The molecule has 0 radical (unpaired) electrons. The second-order valence-electron chi connectivity index (χ2n) is 5.09. The zero-order chi connectivity index (χ0) is 15.0. The van der Waals surface area contributed by atoms with Gasteiger partial charge < -0.3 is 15.0 Å². The Hall–Kier alpha value is -2.63. The van der Waals surface area contributed by atoms with Crippen molar-refractivity contribution in [1.82, 2.24) is 9.88 Å². The number of carbonyl (C=O) groups excluding carboxylic acids is 1. The quantitative estimate of drug-likeness (QED) is 0.868. The molecule has 1 aliphatic heterocycles. The SMILES string of the molecule is O=C(O)[C@H]1CCCN1C(=O)c1cc2ccccc2[nH]c1=O. The number of fused-ring (bicyclic) bond motifs is 1. The fourth-order valence-electron chi connectivity index (χ4n) is 2.73. The van der Waals surface area contributed by atoms with Gasteiger partial charge in [-0.25, -0.2) is 4.79 Å². The molecule has 1 saturated heterocycles. The molecule has 21 heavy (non-hydrogen) atoms. The highest BCUT2D eigenvalue weighted by Crippen LogP contribution is 2.20. The molecule has 1 atom stereocenters. The number of nitrogens with zero attached hydrogens (tertiary/aromatic N) is 1. The maximum absolute atomic E-state index is 12.5. The van der Waals surface area contributed by atoms with Gasteiger partial charge in [0.1, 0.15) is 11.6 Å². The Balaban J connectivity index is 2.03. The van der Waals surface area contributed by atoms with Crippen LogP contribution in [0.2, 0.25) is 0 Å². The van der Waals surface area contributed by atoms with E-state index in [2.05, 4.69) is 4.98 Å². The fourth-order valence-corrected chi connectivity index (χ4v) is 2.73. The van der Waals surface area contributed by atoms with Gasteiger partial charge in [-0.1, -0.05) is 18.2 Å². The zero-order valence-electron chi connectivity index (χ0n) is 11.2. The number of hydrogen-bond donors (Lipinski definition) is 2. The van der Waals surface area contributed by atoms with E-state index in [0.717, 1.165) is 5.39 Å². The number of benzene rings is 1. The van der Waals surface area contributed by atoms with E-state index in [-0.39, 0.29) is 5.56 Å². The predicted octanol–water partition coefficient (Wildman–Crippen LogP) is 1.22. The lowest BCUT2D eigenvalue weighted by molar-refractivity contribution is -0.141. The summed E-state index contributed by atoms with van der Waals surface area (Å²) < 4.78 is 0. The smallest absolute Gasteiger partial charge is 0.326 e. The van der Waals surface area contributed by atoms with Crippen LogP contribution < -0.4 is 5.56 Å². The lowest BCUT2D eigenvalue weighted by Gasteiger charge is -2.21. The number of amides is 1. The van der Waals surface area contributed by atoms with E-state index in [9.17, 15) is 14.4 Å². The van der Waals surface area contributed by atoms with Gasteiger partial charge in [-0.3, -0.25) is 9.59 Å². The van der Waals surface area contributed by atoms with Crippen LogP contribution in [0.25, 0.3) is 10.9 Å². The van der Waals surface area contributed by atoms with Crippen LogP contribution in [0.5, 0.6) is 0 Å². The van der Waals surface area contributed by atoms with E-state index in [1.54, 1.807) is 18.2 Å². The highest BCUT2D eigenvalue weighted by atomic mass is 16.4. The third kappa shape index (κ3) is 2.29. The zero-order valence-corrected chi connectivity index (χ0v) is 11.2. The van der Waals surface area contributed by atoms with Crippen LogP contribution in [-0.4, -0.2) is 39.5 Å². The van der Waals surface area contributed by atoms with E-state index in [0.29, 0.717) is 24.9 Å². The van der Waals surface area contributed by atoms with E-state index < -0.39 is 23.5 Å². The molecule has 0 bridgehead atoms. The number of carbonyl (C=O) groups is 2. The van der Waals surface area contributed by atoms with Crippen LogP contribution in [0.15, 0.2) is 35.1 Å². The molecule has 6 nitrogen and oxygen atoms in total. The molecule has 0 saturated carbocycles. The third-order valence-electron chi connectivity index (χ3n) is 3.78. The third-order valence-corrected chi connectivity index (χ3v) is 3.78. The lowest BCUT2D eigenvalue weighted by atomic mass is 10.1. The summed E-state index contributed by atoms with van der Waals surface area (Å²) in [4.78, 5) is 39.6. The summed E-state index contributed by atoms with van der Waals surface area (Å²) in [5.74, 6) is -1.55. The number of carboxylic acids is 1. The molecule has 1 aromatic carbocycles. The summed E-state index contributed by atoms with van der Waals surface area (Å²) >= 11 is 0. The number of aromatic nitrogens is 1. The highest BCUT2D eigenvalue weighted by molar-refractivity contribution is 5.99. The van der Waals surface area contributed by atoms with Gasteiger partial charge in [-0.05, 0) is 30.4 Å². The molecule has 3 rings (SSSR count). The number of para-hydroxylation sites is 1. The fraction of sp³-hybridized carbons (Fsp3) is 0.267. The van der Waals surface area contributed by atoms with E-state index in [1.165, 1.54) is 11.0 Å². The van der Waals surface area contributed by atoms with E-state index in [4.69, 9.17) is 5.11 Å². The first-order valence-electron chi connectivity index (χ1n) is 6.74. The van der Waals surface area contributed by atoms with Gasteiger partial charge in [0, 0.05) is 12.1 Å². The molecular formula is C15H14N2O4. The van der Waals surface area contributed by atoms with Crippen molar-refractivity contribution in [2.24, 2.45) is 0 Å². The number of aliphatic carboxylic acids is 1. The Bertz CT molecular complexity index is 781. The molecule has 0 spiro atoms. The first-order chi connectivity index (χ1) is 10.1. The molecule has 2 N–H and O–H groups in total. The molecule has 1 amide bonds. The molecule has 6 heteroatoms. The first-order valence-corrected chi connectivity index (χ1v) is 6.74. The van der Waals surface area contributed by atoms with Crippen molar-refractivity contribution in [3.63, 3.8) is 0 Å². The molecule has 1 fully saturated rings. The molecule has 108 valence electrons. The molecule has 2 aromatic rings. The van der Waals surface area contributed by atoms with Gasteiger partial charge in [-0.15, -0.1) is 0 Å². The molecule has 1 aliphatic rings. The summed E-state index contributed by atoms with van der Waals surface area (Å²) in [6.07, 6.45) is 1.06. The minimum atomic E-state index is -1.03. The summed E-state index contributed by atoms with van der Waals surface area (Å²) in [5.41, 5.74) is 0.145. The topological polar surface area (TPSA) is 90.5 Å². The van der Waals surface area contributed by atoms with E-state index >= 15 is 0 Å². The Kier molecular flexibility index (Phi) is 3.21. The maximum Gasteiger partial charge on any atom is 0.326 e. The lowest BCUT2D eigenvalue weighted by Crippen LogP contribution is -2.42. The number of carboxylic acid groups (broad SMARTS) is 1. The summed E-state index contributed by atoms with van der Waals surface area (Å²) in [6.45, 7) is 0.363. The standard InChI is InChI=1S/C15H14N2O4/c18-13-10(8-9-4-1-2-5-11(9)16-13)14(19)17-7-3-6-12(17)15(20)21/h1-2,4-5,8,12H,3,6-7H2,(H,16,18)(H,20,21)/t12-/m1/s1. The normalized spacial score (nSPS) is 18.1. The number of aromatic amines is 1. The van der Waals surface area contributed by atoms with Gasteiger partial charge in [0.15, 0.2) is 0 Å². The summed E-state index contributed by atoms with van der Waals surface area (Å²) in [5, 5.41) is 9.88. The monoisotopic (exact) mass is 286 g/mol. The van der Waals surface area contributed by atoms with Crippen LogP contribution in [0.1, 0.15) is 23.2 Å². The van der Waals surface area contributed by atoms with E-state index in [1.807, 2.05) is 6.07 Å². The molecule has 0 aliphatic carbocycles. The average molecular weight is 286 g/mol. The maximum atomic E-state index is 12.5. The van der Waals surface area contributed by atoms with Gasteiger partial charge in [0.25, 0.3) is 11.5 Å². The first kappa shape index (κ1) is 13.4. The van der Waals surface area contributed by atoms with Crippen LogP contribution in [-0.2, 0) is 4.79 Å². The highest BCUT2D eigenvalue weighted by Gasteiger charge is 2.35. The Morgan fingerprint density at radius 2 is 2.05 bits per heavy atom. The van der Waals surface area contributed by atoms with Crippen LogP contribution in [0.3, 0.4) is 0 Å². The number of nitrogens with one attached hydrogen (secondary N) is 1. The molecular weight excluding hydrogens is 272 g/mol. The van der Waals surface area contributed by atoms with Gasteiger partial charge in [0.05, 0.1) is 0 Å². The second kappa shape index (κ2) is 5.05. The van der Waals surface area contributed by atoms with Gasteiger partial charge in [-0.2, -0.15) is 0 Å². The minimum Gasteiger partial charge on any atom is -0.480 e. The van der Waals surface area contributed by atoms with Crippen molar-refractivity contribution in [2.75, 3.05) is 6.54 Å². The number of likely N-dealkylation sites (tertiary alicyclic amines) is 1. The summed E-state index contributed by atoms with van der Waals surface area (Å²) in [6, 6.07) is 7.82. The van der Waals surface area contributed by atoms with Gasteiger partial charge in [0.2, 0.25) is 0 Å². The van der Waals surface area contributed by atoms with Crippen molar-refractivity contribution >= 4 is 22.8 Å². The van der Waals surface area contributed by atoms with Crippen molar-refractivity contribution in [1.29, 1.82) is 0 Å². The van der Waals surface area contributed by atoms with Crippen molar-refractivity contribution < 1.29 is 14.7 Å². The number of rotatable bonds is 2. The molecule has 1 aromatic heterocycles. The number of H-pyrrole nitrogens is 1. The molecule has 0 unspecified atom stereocenters. The Morgan fingerprint density at radius 3 is 2.81 bits per heavy atom. The van der Waals surface area contributed by atoms with Crippen LogP contribution in [0, 0.1) is 0 Å². The minimum absolute atomic E-state index is 0.0122. The Labute approximate surface area is 120 Å². The predicted molar refractivity (Wildman–Crippen MR) is 76.3 cm³/mol. The molecule has 2 heterocycles. The van der Waals surface area contributed by atoms with Crippen molar-refractivity contribution in [3.8, 4) is 0 Å². The van der Waals surface area contributed by atoms with Gasteiger partial charge >= 0.3 is 5.97 Å². The van der Waals surface area contributed by atoms with Crippen molar-refractivity contribution in [2.45, 2.75) is 18.9 Å². The Morgan fingerprint density at radius 1 is 1.29 bits per heavy atom. The van der Waals surface area contributed by atoms with Crippen molar-refractivity contribution in [3.05, 3.63) is 46.2 Å². The van der Waals surface area contributed by atoms with Crippen LogP contribution >= 0.6 is 0 Å². The summed E-state index contributed by atoms with van der Waals surface area (Å²) in [7, 11) is 0. The number of pyridine rings is 1. The van der Waals surface area contributed by atoms with Crippen LogP contribution in [0.4, 0.5) is 0 Å².